The summed E-state index contributed by atoms with van der Waals surface area (Å²) in [7, 11) is 3.82. The van der Waals surface area contributed by atoms with Crippen LogP contribution in [0.3, 0.4) is 0 Å². The first-order chi connectivity index (χ1) is 18.9. The number of nitrogens with two attached hydrogens (primary N) is 1. The van der Waals surface area contributed by atoms with Gasteiger partial charge in [0.15, 0.2) is 0 Å². The van der Waals surface area contributed by atoms with Gasteiger partial charge >= 0.3 is 235 Å². The molecule has 0 spiro atoms. The van der Waals surface area contributed by atoms with Crippen molar-refractivity contribution in [2.45, 2.75) is 6.17 Å². The summed E-state index contributed by atoms with van der Waals surface area (Å²) in [5, 5.41) is 6.35. The van der Waals surface area contributed by atoms with Crippen molar-refractivity contribution in [2.24, 2.45) is 15.7 Å². The molecule has 0 saturated carbocycles. The second-order valence-electron chi connectivity index (χ2n) is 9.69. The van der Waals surface area contributed by atoms with Crippen LogP contribution in [0, 0.1) is 0 Å². The van der Waals surface area contributed by atoms with Crippen LogP contribution in [-0.4, -0.2) is 43.7 Å². The number of halogens is 1. The van der Waals surface area contributed by atoms with Crippen LogP contribution in [0.4, 0.5) is 0 Å². The van der Waals surface area contributed by atoms with E-state index in [0.717, 1.165) is 27.2 Å². The van der Waals surface area contributed by atoms with Crippen molar-refractivity contribution in [2.75, 3.05) is 26.9 Å². The quantitative estimate of drug-likeness (QED) is 0.311. The van der Waals surface area contributed by atoms with E-state index in [2.05, 4.69) is 88.1 Å². The van der Waals surface area contributed by atoms with E-state index in [1.807, 2.05) is 61.5 Å². The summed E-state index contributed by atoms with van der Waals surface area (Å²) in [4.78, 5) is 11.0. The van der Waals surface area contributed by atoms with Gasteiger partial charge in [0, 0.05) is 0 Å². The zero-order valence-electron chi connectivity index (χ0n) is 22.1. The first-order valence-electron chi connectivity index (χ1n) is 12.9. The molecular formula is C31H33ClN5OP. The molecule has 0 fully saturated rings. The van der Waals surface area contributed by atoms with Crippen molar-refractivity contribution in [3.05, 3.63) is 121 Å². The Hall–Kier alpha value is -3.86. The van der Waals surface area contributed by atoms with Gasteiger partial charge < -0.3 is 0 Å². The number of hydrogen-bond acceptors (Lipinski definition) is 6. The molecule has 4 aromatic carbocycles. The fraction of sp³-hybridized carbons (Fsp3) is 0.161. The molecule has 6 nitrogen and oxygen atoms in total. The zero-order chi connectivity index (χ0) is 27.3. The van der Waals surface area contributed by atoms with E-state index in [9.17, 15) is 0 Å². The molecule has 1 atom stereocenters. The Morgan fingerprint density at radius 1 is 0.769 bits per heavy atom. The van der Waals surface area contributed by atoms with Crippen LogP contribution in [-0.2, 0) is 0 Å². The fourth-order valence-electron chi connectivity index (χ4n) is 4.95. The molecule has 0 bridgehead atoms. The number of benzene rings is 4. The van der Waals surface area contributed by atoms with Crippen LogP contribution in [0.5, 0.6) is 5.75 Å². The van der Waals surface area contributed by atoms with Crippen LogP contribution < -0.4 is 31.7 Å². The molecule has 8 heteroatoms. The fourth-order valence-corrected chi connectivity index (χ4v) is 10.7. The topological polar surface area (TPSA) is 75.2 Å². The van der Waals surface area contributed by atoms with Crippen molar-refractivity contribution >= 4 is 45.0 Å². The molecule has 0 aliphatic carbocycles. The van der Waals surface area contributed by atoms with Gasteiger partial charge in [-0.05, 0) is 0 Å². The molecule has 4 aromatic rings. The molecule has 0 saturated heterocycles. The van der Waals surface area contributed by atoms with E-state index in [1.54, 1.807) is 0 Å². The van der Waals surface area contributed by atoms with Gasteiger partial charge in [0.2, 0.25) is 0 Å². The van der Waals surface area contributed by atoms with Crippen molar-refractivity contribution in [3.63, 3.8) is 0 Å². The minimum atomic E-state index is -3.37. The Balaban J connectivity index is 1.44. The van der Waals surface area contributed by atoms with Gasteiger partial charge in [0.25, 0.3) is 0 Å². The van der Waals surface area contributed by atoms with Gasteiger partial charge in [-0.3, -0.25) is 0 Å². The Morgan fingerprint density at radius 2 is 1.26 bits per heavy atom. The first kappa shape index (κ1) is 26.7. The molecule has 1 unspecified atom stereocenters. The summed E-state index contributed by atoms with van der Waals surface area (Å²) in [6.45, 7) is 0.445. The molecule has 1 heterocycles. The molecule has 1 aliphatic rings. The third-order valence-electron chi connectivity index (χ3n) is 7.01. The average molecular weight is 558 g/mol. The maximum absolute atomic E-state index is 8.12. The van der Waals surface area contributed by atoms with Gasteiger partial charge in [0.1, 0.15) is 0 Å². The molecule has 0 amide bonds. The number of ether oxygens (including phenoxy) is 1. The molecule has 200 valence electrons. The standard InChI is InChI=1S/C31H33ClN5OP/c1-37(2)31-35-29(34-30(33)36-31)24-18-20-25(21-19-24)38-22-23-39(32,26-12-6-3-7-13-26,27-14-8-4-9-15-27)28-16-10-5-11-17-28/h3-21,29H,22-23H2,1-2H3,(H3,33,34,35,36). The molecule has 39 heavy (non-hydrogen) atoms. The zero-order valence-corrected chi connectivity index (χ0v) is 23.8. The Kier molecular flexibility index (Phi) is 7.60. The Morgan fingerprint density at radius 3 is 1.72 bits per heavy atom. The summed E-state index contributed by atoms with van der Waals surface area (Å²) < 4.78 is 6.35. The molecule has 5 rings (SSSR count). The van der Waals surface area contributed by atoms with Gasteiger partial charge in [-0.25, -0.2) is 0 Å². The number of rotatable bonds is 8. The average Bonchev–Trinajstić information content (AvgIpc) is 2.98. The monoisotopic (exact) mass is 557 g/mol. The summed E-state index contributed by atoms with van der Waals surface area (Å²) in [5.41, 5.74) is 6.91. The van der Waals surface area contributed by atoms with Gasteiger partial charge in [-0.15, -0.1) is 0 Å². The summed E-state index contributed by atoms with van der Waals surface area (Å²) in [5.74, 6) is -1.60. The molecule has 0 radical (unpaired) electrons. The van der Waals surface area contributed by atoms with Crippen molar-refractivity contribution in [3.8, 4) is 5.75 Å². The summed E-state index contributed by atoms with van der Waals surface area (Å²) in [6, 6.07) is 39.2. The van der Waals surface area contributed by atoms with Crippen LogP contribution >= 0.6 is 17.2 Å². The summed E-state index contributed by atoms with van der Waals surface area (Å²) >= 11 is 8.12. The van der Waals surface area contributed by atoms with E-state index < -0.39 is 12.1 Å². The molecule has 3 N–H and O–H groups in total. The molecule has 0 aromatic heterocycles. The minimum absolute atomic E-state index is 0.343. The van der Waals surface area contributed by atoms with Crippen LogP contribution in [0.1, 0.15) is 11.7 Å². The predicted octanol–water partition coefficient (Wildman–Crippen LogP) is 4.58. The van der Waals surface area contributed by atoms with Gasteiger partial charge in [-0.2, -0.15) is 0 Å². The van der Waals surface area contributed by atoms with Crippen molar-refractivity contribution < 1.29 is 4.74 Å². The third kappa shape index (κ3) is 5.23. The first-order valence-corrected chi connectivity index (χ1v) is 16.2. The number of aliphatic imine (C=N–C) groups is 2. The predicted molar refractivity (Wildman–Crippen MR) is 166 cm³/mol. The van der Waals surface area contributed by atoms with Crippen LogP contribution in [0.2, 0.25) is 0 Å². The molecule has 1 aliphatic heterocycles. The number of nitrogens with one attached hydrogen (secondary N) is 1. The van der Waals surface area contributed by atoms with Gasteiger partial charge in [0.05, 0.1) is 0 Å². The van der Waals surface area contributed by atoms with Crippen LogP contribution in [0.15, 0.2) is 125 Å². The van der Waals surface area contributed by atoms with Gasteiger partial charge in [-0.1, -0.05) is 0 Å². The number of nitrogens with zero attached hydrogens (tertiary/aromatic N) is 3. The van der Waals surface area contributed by atoms with E-state index >= 15 is 0 Å². The van der Waals surface area contributed by atoms with E-state index in [1.165, 1.54) is 0 Å². The Labute approximate surface area is 234 Å². The number of hydrogen-bond donors (Lipinski definition) is 2. The van der Waals surface area contributed by atoms with Crippen LogP contribution in [0.25, 0.3) is 0 Å². The maximum atomic E-state index is 8.12. The second kappa shape index (κ2) is 11.1. The van der Waals surface area contributed by atoms with Crippen molar-refractivity contribution in [1.82, 2.24) is 10.2 Å². The normalized spacial score (nSPS) is 16.2. The summed E-state index contributed by atoms with van der Waals surface area (Å²) in [6.07, 6.45) is 0.233. The molecular weight excluding hydrogens is 525 g/mol. The van der Waals surface area contributed by atoms with E-state index in [-0.39, 0.29) is 0 Å². The SMILES string of the molecule is CN(C)C1=NC(c2ccc(OCCP(Cl)(c3ccccc3)(c3ccccc3)c3ccccc3)cc2)N=C(N)N1. The third-order valence-corrected chi connectivity index (χ3v) is 14.4. The number of guanidine groups is 2. The second-order valence-corrected chi connectivity index (χ2v) is 16.3. The Bertz CT molecular complexity index is 1360. The van der Waals surface area contributed by atoms with E-state index in [0.29, 0.717) is 24.7 Å². The van der Waals surface area contributed by atoms with Crippen molar-refractivity contribution in [1.29, 1.82) is 0 Å². The van der Waals surface area contributed by atoms with E-state index in [4.69, 9.17) is 21.7 Å².